The Hall–Kier alpha value is -5.89. The molecule has 0 radical (unpaired) electrons. The normalized spacial score (nSPS) is 18.3. The number of hydrogen-bond acceptors (Lipinski definition) is 14. The summed E-state index contributed by atoms with van der Waals surface area (Å²) >= 11 is 5.53. The van der Waals surface area contributed by atoms with Crippen molar-refractivity contribution in [3.63, 3.8) is 0 Å². The fourth-order valence-corrected chi connectivity index (χ4v) is 7.62. The quantitative estimate of drug-likeness (QED) is 0.0110. The number of allylic oxidation sites excluding steroid dienone is 3. The smallest absolute Gasteiger partial charge is 0.338 e. The Morgan fingerprint density at radius 3 is 1.63 bits per heavy atom. The van der Waals surface area contributed by atoms with Crippen LogP contribution in [-0.4, -0.2) is 80.3 Å². The fourth-order valence-electron chi connectivity index (χ4n) is 7.47. The number of esters is 6. The molecule has 2 aromatic carbocycles. The number of halogens is 1. The van der Waals surface area contributed by atoms with Crippen LogP contribution in [0.15, 0.2) is 97.3 Å². The van der Waals surface area contributed by atoms with Crippen LogP contribution >= 0.6 is 11.6 Å². The highest BCUT2D eigenvalue weighted by molar-refractivity contribution is 6.18. The summed E-state index contributed by atoms with van der Waals surface area (Å²) in [7, 11) is 0. The molecule has 14 nitrogen and oxygen atoms in total. The Morgan fingerprint density at radius 1 is 0.588 bits per heavy atom. The summed E-state index contributed by atoms with van der Waals surface area (Å²) in [6.45, 7) is 10.6. The van der Waals surface area contributed by atoms with Crippen LogP contribution in [0.5, 0.6) is 17.2 Å². The largest absolute Gasteiger partial charge is 0.494 e. The van der Waals surface area contributed by atoms with Crippen molar-refractivity contribution in [3.05, 3.63) is 103 Å². The van der Waals surface area contributed by atoms with Gasteiger partial charge >= 0.3 is 35.8 Å². The first kappa shape index (κ1) is 54.7. The zero-order chi connectivity index (χ0) is 48.9. The van der Waals surface area contributed by atoms with Gasteiger partial charge in [0.2, 0.25) is 0 Å². The molecule has 0 heterocycles. The summed E-state index contributed by atoms with van der Waals surface area (Å²) in [5.41, 5.74) is 0.723. The van der Waals surface area contributed by atoms with E-state index in [1.807, 2.05) is 0 Å². The molecule has 2 saturated carbocycles. The van der Waals surface area contributed by atoms with Crippen LogP contribution in [0, 0.1) is 11.8 Å². The van der Waals surface area contributed by atoms with Crippen molar-refractivity contribution < 1.29 is 66.7 Å². The zero-order valence-corrected chi connectivity index (χ0v) is 40.1. The lowest BCUT2D eigenvalue weighted by molar-refractivity contribution is -0.148. The van der Waals surface area contributed by atoms with Gasteiger partial charge in [0.25, 0.3) is 0 Å². The van der Waals surface area contributed by atoms with E-state index in [9.17, 15) is 28.8 Å². The van der Waals surface area contributed by atoms with Crippen LogP contribution in [0.1, 0.15) is 126 Å². The SMILES string of the molecule is C=CC(=O)OCCCCCCOc1ccc(OC(=O)C2CCC(OC(=O)/C(C)=C/C=C(\C=C)OC(=O)C3CCC(OC(=O)c4ccc(OCCCCCCOC(=O)CCCl)cc4)CC3)CC2)cc1. The van der Waals surface area contributed by atoms with Crippen molar-refractivity contribution in [2.45, 2.75) is 128 Å². The van der Waals surface area contributed by atoms with Crippen LogP contribution in [0.4, 0.5) is 0 Å². The molecular formula is C53H67ClO14. The third-order valence-electron chi connectivity index (χ3n) is 11.5. The van der Waals surface area contributed by atoms with E-state index >= 15 is 0 Å². The monoisotopic (exact) mass is 962 g/mol. The Morgan fingerprint density at radius 2 is 1.09 bits per heavy atom. The highest BCUT2D eigenvalue weighted by atomic mass is 35.5. The van der Waals surface area contributed by atoms with Gasteiger partial charge in [0, 0.05) is 17.5 Å². The number of rotatable bonds is 29. The van der Waals surface area contributed by atoms with Gasteiger partial charge in [-0.25, -0.2) is 14.4 Å². The zero-order valence-electron chi connectivity index (χ0n) is 39.3. The first-order chi connectivity index (χ1) is 33.0. The van der Waals surface area contributed by atoms with E-state index in [-0.39, 0.29) is 54.0 Å². The molecular weight excluding hydrogens is 896 g/mol. The predicted octanol–water partition coefficient (Wildman–Crippen LogP) is 10.4. The maximum Gasteiger partial charge on any atom is 0.338 e. The topological polar surface area (TPSA) is 176 Å². The van der Waals surface area contributed by atoms with Crippen LogP contribution in [0.3, 0.4) is 0 Å². The first-order valence-electron chi connectivity index (χ1n) is 23.8. The molecule has 0 spiro atoms. The molecule has 0 bridgehead atoms. The van der Waals surface area contributed by atoms with Crippen molar-refractivity contribution in [2.24, 2.45) is 11.8 Å². The van der Waals surface area contributed by atoms with Crippen molar-refractivity contribution in [1.29, 1.82) is 0 Å². The number of benzene rings is 2. The van der Waals surface area contributed by atoms with Gasteiger partial charge in [-0.2, -0.15) is 0 Å². The van der Waals surface area contributed by atoms with E-state index < -0.39 is 23.9 Å². The van der Waals surface area contributed by atoms with Gasteiger partial charge < -0.3 is 37.9 Å². The van der Waals surface area contributed by atoms with E-state index in [4.69, 9.17) is 49.5 Å². The molecule has 0 N–H and O–H groups in total. The number of ether oxygens (including phenoxy) is 8. The molecule has 0 aromatic heterocycles. The molecule has 370 valence electrons. The van der Waals surface area contributed by atoms with E-state index in [0.717, 1.165) is 57.4 Å². The summed E-state index contributed by atoms with van der Waals surface area (Å²) in [6.07, 6.45) is 16.2. The average molecular weight is 964 g/mol. The van der Waals surface area contributed by atoms with Gasteiger partial charge in [0.1, 0.15) is 35.2 Å². The van der Waals surface area contributed by atoms with Crippen molar-refractivity contribution in [3.8, 4) is 17.2 Å². The highest BCUT2D eigenvalue weighted by Gasteiger charge is 2.31. The third-order valence-corrected chi connectivity index (χ3v) is 11.7. The average Bonchev–Trinajstić information content (AvgIpc) is 3.35. The minimum Gasteiger partial charge on any atom is -0.494 e. The lowest BCUT2D eigenvalue weighted by atomic mass is 9.87. The summed E-state index contributed by atoms with van der Waals surface area (Å²) in [5.74, 6) is -0.852. The molecule has 0 aliphatic heterocycles. The second-order valence-electron chi connectivity index (χ2n) is 16.8. The van der Waals surface area contributed by atoms with E-state index in [1.165, 1.54) is 18.2 Å². The Bertz CT molecular complexity index is 1990. The Labute approximate surface area is 405 Å². The van der Waals surface area contributed by atoms with Crippen LogP contribution in [-0.2, 0) is 47.7 Å². The second-order valence-corrected chi connectivity index (χ2v) is 17.2. The molecule has 2 aliphatic carbocycles. The third kappa shape index (κ3) is 21.0. The van der Waals surface area contributed by atoms with Gasteiger partial charge in [0.15, 0.2) is 0 Å². The minimum absolute atomic E-state index is 0.191. The van der Waals surface area contributed by atoms with Crippen molar-refractivity contribution in [2.75, 3.05) is 32.3 Å². The molecule has 0 atom stereocenters. The molecule has 2 aromatic rings. The molecule has 0 saturated heterocycles. The Balaban J connectivity index is 1.07. The standard InChI is InChI=1S/C53H67ClO14/c1-4-42(65-51(58)40-19-26-46(27-20-40)67-52(59)39-15-22-43(23-16-39)61-34-10-7-9-13-37-64-49(56)32-33-54)21-14-38(3)50(57)66-45-24-17-41(18-25-45)53(60)68-47-30-28-44(29-31-47)62-35-11-6-8-12-36-63-48(55)5-2/h4-5,14-16,21-23,28-31,40-41,45-46H,1-2,6-13,17-20,24-27,32-37H2,3H3/b38-14+,42-21+. The molecule has 0 amide bonds. The summed E-state index contributed by atoms with van der Waals surface area (Å²) in [4.78, 5) is 74.2. The highest BCUT2D eigenvalue weighted by Crippen LogP contribution is 2.31. The summed E-state index contributed by atoms with van der Waals surface area (Å²) < 4.78 is 44.4. The van der Waals surface area contributed by atoms with Gasteiger partial charge in [-0.1, -0.05) is 13.2 Å². The molecule has 68 heavy (non-hydrogen) atoms. The van der Waals surface area contributed by atoms with Crippen LogP contribution in [0.2, 0.25) is 0 Å². The van der Waals surface area contributed by atoms with Crippen LogP contribution in [0.25, 0.3) is 0 Å². The molecule has 4 rings (SSSR count). The number of alkyl halides is 1. The van der Waals surface area contributed by atoms with Gasteiger partial charge in [-0.3, -0.25) is 14.4 Å². The molecule has 2 fully saturated rings. The van der Waals surface area contributed by atoms with Gasteiger partial charge in [-0.05, 0) is 176 Å². The fraction of sp³-hybridized carbons (Fsp3) is 0.509. The summed E-state index contributed by atoms with van der Waals surface area (Å²) in [5, 5.41) is 0. The van der Waals surface area contributed by atoms with Crippen molar-refractivity contribution >= 4 is 47.4 Å². The number of unbranched alkanes of at least 4 members (excludes halogenated alkanes) is 6. The Kier molecular flexibility index (Phi) is 25.1. The van der Waals surface area contributed by atoms with Gasteiger partial charge in [0.05, 0.1) is 50.2 Å². The summed E-state index contributed by atoms with van der Waals surface area (Å²) in [6, 6.07) is 13.7. The van der Waals surface area contributed by atoms with Crippen molar-refractivity contribution in [1.82, 2.24) is 0 Å². The van der Waals surface area contributed by atoms with E-state index in [0.29, 0.717) is 106 Å². The number of carbonyl (C=O) groups excluding carboxylic acids is 6. The van der Waals surface area contributed by atoms with E-state index in [1.54, 1.807) is 55.5 Å². The number of carbonyl (C=O) groups is 6. The lowest BCUT2D eigenvalue weighted by Crippen LogP contribution is -2.30. The van der Waals surface area contributed by atoms with E-state index in [2.05, 4.69) is 13.2 Å². The lowest BCUT2D eigenvalue weighted by Gasteiger charge is -2.27. The van der Waals surface area contributed by atoms with Crippen LogP contribution < -0.4 is 14.2 Å². The predicted molar refractivity (Wildman–Crippen MR) is 255 cm³/mol. The molecule has 15 heteroatoms. The minimum atomic E-state index is -0.506. The number of hydrogen-bond donors (Lipinski definition) is 0. The first-order valence-corrected chi connectivity index (χ1v) is 24.3. The maximum atomic E-state index is 13.1. The molecule has 0 unspecified atom stereocenters. The maximum absolute atomic E-state index is 13.1. The second kappa shape index (κ2) is 31.2. The molecule has 2 aliphatic rings. The van der Waals surface area contributed by atoms with Gasteiger partial charge in [-0.15, -0.1) is 11.6 Å².